The van der Waals surface area contributed by atoms with E-state index in [1.54, 1.807) is 19.2 Å². The Morgan fingerprint density at radius 2 is 1.84 bits per heavy atom. The van der Waals surface area contributed by atoms with Crippen LogP contribution in [0.4, 0.5) is 0 Å². The lowest BCUT2D eigenvalue weighted by Crippen LogP contribution is -2.46. The summed E-state index contributed by atoms with van der Waals surface area (Å²) < 4.78 is 5.21. The highest BCUT2D eigenvalue weighted by Crippen LogP contribution is 2.48. The standard InChI is InChI=1S/C20H22ClNO3/c1-25-13-17(18(23)14-5-3-2-4-6-14)22-19(24)20(11-12-20)15-7-9-16(21)10-8-15/h2-10,17-18,23H,11-13H2,1H3,(H,22,24)/t17-,18+/m0/s1. The molecule has 2 N–H and O–H groups in total. The third-order valence-corrected chi connectivity index (χ3v) is 5.02. The van der Waals surface area contributed by atoms with E-state index in [1.807, 2.05) is 42.5 Å². The minimum absolute atomic E-state index is 0.0770. The molecule has 2 aromatic carbocycles. The average Bonchev–Trinajstić information content (AvgIpc) is 3.44. The first-order valence-electron chi connectivity index (χ1n) is 8.36. The molecule has 1 amide bonds. The zero-order chi connectivity index (χ0) is 17.9. The molecule has 0 aromatic heterocycles. The number of aliphatic hydroxyl groups is 1. The molecule has 1 saturated carbocycles. The zero-order valence-electron chi connectivity index (χ0n) is 14.1. The van der Waals surface area contributed by atoms with Crippen LogP contribution in [0.25, 0.3) is 0 Å². The fraction of sp³-hybridized carbons (Fsp3) is 0.350. The number of methoxy groups -OCH3 is 1. The van der Waals surface area contributed by atoms with E-state index in [4.69, 9.17) is 16.3 Å². The number of halogens is 1. The minimum Gasteiger partial charge on any atom is -0.386 e. The molecule has 0 radical (unpaired) electrons. The Balaban J connectivity index is 1.76. The highest BCUT2D eigenvalue weighted by Gasteiger charge is 2.51. The number of hydrogen-bond acceptors (Lipinski definition) is 3. The molecule has 5 heteroatoms. The summed E-state index contributed by atoms with van der Waals surface area (Å²) in [5.74, 6) is -0.0770. The molecule has 3 rings (SSSR count). The van der Waals surface area contributed by atoms with Gasteiger partial charge in [0.25, 0.3) is 0 Å². The molecule has 0 unspecified atom stereocenters. The van der Waals surface area contributed by atoms with Crippen LogP contribution in [-0.2, 0) is 14.9 Å². The van der Waals surface area contributed by atoms with Crippen LogP contribution >= 0.6 is 11.6 Å². The molecular formula is C20H22ClNO3. The highest BCUT2D eigenvalue weighted by molar-refractivity contribution is 6.30. The maximum absolute atomic E-state index is 12.9. The summed E-state index contributed by atoms with van der Waals surface area (Å²) in [5.41, 5.74) is 1.19. The van der Waals surface area contributed by atoms with Gasteiger partial charge in [-0.05, 0) is 36.1 Å². The van der Waals surface area contributed by atoms with Gasteiger partial charge in [0.1, 0.15) is 6.10 Å². The summed E-state index contributed by atoms with van der Waals surface area (Å²) in [7, 11) is 1.56. The predicted octanol–water partition coefficient (Wildman–Crippen LogP) is 3.24. The summed E-state index contributed by atoms with van der Waals surface area (Å²) >= 11 is 5.95. The van der Waals surface area contributed by atoms with Gasteiger partial charge in [0.15, 0.2) is 0 Å². The van der Waals surface area contributed by atoms with Crippen LogP contribution in [0.3, 0.4) is 0 Å². The first-order chi connectivity index (χ1) is 12.1. The van der Waals surface area contributed by atoms with Crippen molar-refractivity contribution in [3.05, 3.63) is 70.7 Å². The minimum atomic E-state index is -0.828. The van der Waals surface area contributed by atoms with Gasteiger partial charge < -0.3 is 15.2 Å². The molecule has 0 spiro atoms. The van der Waals surface area contributed by atoms with E-state index < -0.39 is 17.6 Å². The van der Waals surface area contributed by atoms with Gasteiger partial charge in [-0.2, -0.15) is 0 Å². The topological polar surface area (TPSA) is 58.6 Å². The number of carbonyl (C=O) groups is 1. The summed E-state index contributed by atoms with van der Waals surface area (Å²) in [5, 5.41) is 14.3. The molecule has 0 bridgehead atoms. The molecule has 2 atom stereocenters. The quantitative estimate of drug-likeness (QED) is 0.798. The van der Waals surface area contributed by atoms with E-state index >= 15 is 0 Å². The highest BCUT2D eigenvalue weighted by atomic mass is 35.5. The van der Waals surface area contributed by atoms with Crippen molar-refractivity contribution in [1.82, 2.24) is 5.32 Å². The van der Waals surface area contributed by atoms with Crippen molar-refractivity contribution in [2.45, 2.75) is 30.4 Å². The summed E-state index contributed by atoms with van der Waals surface area (Å²) in [4.78, 5) is 12.9. The van der Waals surface area contributed by atoms with Crippen molar-refractivity contribution in [1.29, 1.82) is 0 Å². The Labute approximate surface area is 152 Å². The van der Waals surface area contributed by atoms with E-state index in [2.05, 4.69) is 5.32 Å². The van der Waals surface area contributed by atoms with Crippen LogP contribution in [0, 0.1) is 0 Å². The molecule has 0 saturated heterocycles. The van der Waals surface area contributed by atoms with Crippen LogP contribution < -0.4 is 5.32 Å². The normalized spacial score (nSPS) is 17.6. The second kappa shape index (κ2) is 7.56. The smallest absolute Gasteiger partial charge is 0.231 e. The Morgan fingerprint density at radius 3 is 2.40 bits per heavy atom. The number of aliphatic hydroxyl groups excluding tert-OH is 1. The lowest BCUT2D eigenvalue weighted by atomic mass is 9.94. The van der Waals surface area contributed by atoms with Gasteiger partial charge in [0.2, 0.25) is 5.91 Å². The molecule has 2 aromatic rings. The SMILES string of the molecule is COC[C@H](NC(=O)C1(c2ccc(Cl)cc2)CC1)[C@H](O)c1ccccc1. The lowest BCUT2D eigenvalue weighted by Gasteiger charge is -2.26. The molecule has 0 heterocycles. The third-order valence-electron chi connectivity index (χ3n) is 4.77. The van der Waals surface area contributed by atoms with Crippen molar-refractivity contribution in [2.24, 2.45) is 0 Å². The molecule has 4 nitrogen and oxygen atoms in total. The van der Waals surface area contributed by atoms with Gasteiger partial charge in [-0.15, -0.1) is 0 Å². The second-order valence-corrected chi connectivity index (χ2v) is 6.92. The largest absolute Gasteiger partial charge is 0.386 e. The van der Waals surface area contributed by atoms with E-state index in [0.29, 0.717) is 5.02 Å². The Bertz CT molecular complexity index is 713. The van der Waals surface area contributed by atoms with Crippen LogP contribution in [-0.4, -0.2) is 30.8 Å². The molecule has 25 heavy (non-hydrogen) atoms. The summed E-state index contributed by atoms with van der Waals surface area (Å²) in [6, 6.07) is 16.2. The van der Waals surface area contributed by atoms with Crippen molar-refractivity contribution in [3.8, 4) is 0 Å². The van der Waals surface area contributed by atoms with E-state index in [9.17, 15) is 9.90 Å². The molecule has 1 aliphatic carbocycles. The predicted molar refractivity (Wildman–Crippen MR) is 97.6 cm³/mol. The maximum Gasteiger partial charge on any atom is 0.231 e. The van der Waals surface area contributed by atoms with E-state index in [1.165, 1.54) is 0 Å². The van der Waals surface area contributed by atoms with Crippen molar-refractivity contribution in [2.75, 3.05) is 13.7 Å². The van der Waals surface area contributed by atoms with Crippen LogP contribution in [0.1, 0.15) is 30.1 Å². The first-order valence-corrected chi connectivity index (χ1v) is 8.73. The number of carbonyl (C=O) groups excluding carboxylic acids is 1. The number of nitrogens with one attached hydrogen (secondary N) is 1. The third kappa shape index (κ3) is 3.87. The summed E-state index contributed by atoms with van der Waals surface area (Å²) in [6.45, 7) is 0.235. The van der Waals surface area contributed by atoms with Gasteiger partial charge in [-0.3, -0.25) is 4.79 Å². The van der Waals surface area contributed by atoms with Gasteiger partial charge >= 0.3 is 0 Å². The Kier molecular flexibility index (Phi) is 5.42. The van der Waals surface area contributed by atoms with Crippen molar-refractivity contribution < 1.29 is 14.6 Å². The monoisotopic (exact) mass is 359 g/mol. The fourth-order valence-electron chi connectivity index (χ4n) is 3.12. The number of benzene rings is 2. The average molecular weight is 360 g/mol. The van der Waals surface area contributed by atoms with Crippen LogP contribution in [0.5, 0.6) is 0 Å². The van der Waals surface area contributed by atoms with Crippen molar-refractivity contribution >= 4 is 17.5 Å². The number of hydrogen-bond donors (Lipinski definition) is 2. The number of rotatable bonds is 7. The van der Waals surface area contributed by atoms with Gasteiger partial charge in [0.05, 0.1) is 18.1 Å². The van der Waals surface area contributed by atoms with Crippen molar-refractivity contribution in [3.63, 3.8) is 0 Å². The van der Waals surface area contributed by atoms with Gasteiger partial charge in [-0.1, -0.05) is 54.1 Å². The summed E-state index contributed by atoms with van der Waals surface area (Å²) in [6.07, 6.45) is 0.759. The second-order valence-electron chi connectivity index (χ2n) is 6.48. The molecule has 1 aliphatic rings. The van der Waals surface area contributed by atoms with E-state index in [-0.39, 0.29) is 12.5 Å². The molecule has 132 valence electrons. The molecule has 1 fully saturated rings. The first kappa shape index (κ1) is 17.9. The molecular weight excluding hydrogens is 338 g/mol. The number of amides is 1. The molecule has 0 aliphatic heterocycles. The zero-order valence-corrected chi connectivity index (χ0v) is 14.9. The van der Waals surface area contributed by atoms with Crippen LogP contribution in [0.15, 0.2) is 54.6 Å². The fourth-order valence-corrected chi connectivity index (χ4v) is 3.25. The Hall–Kier alpha value is -1.88. The number of ether oxygens (including phenoxy) is 1. The Morgan fingerprint density at radius 1 is 1.20 bits per heavy atom. The lowest BCUT2D eigenvalue weighted by molar-refractivity contribution is -0.125. The van der Waals surface area contributed by atoms with E-state index in [0.717, 1.165) is 24.0 Å². The van der Waals surface area contributed by atoms with Gasteiger partial charge in [0, 0.05) is 12.1 Å². The van der Waals surface area contributed by atoms with Crippen LogP contribution in [0.2, 0.25) is 5.02 Å². The maximum atomic E-state index is 12.9. The van der Waals surface area contributed by atoms with Gasteiger partial charge in [-0.25, -0.2) is 0 Å².